The Morgan fingerprint density at radius 2 is 1.53 bits per heavy atom. The molecule has 3 rings (SSSR count). The molecule has 1 aliphatic heterocycles. The summed E-state index contributed by atoms with van der Waals surface area (Å²) < 4.78 is 13.0. The second-order valence-electron chi connectivity index (χ2n) is 7.58. The summed E-state index contributed by atoms with van der Waals surface area (Å²) in [6.45, 7) is 7.28. The highest BCUT2D eigenvalue weighted by molar-refractivity contribution is 6.35. The Morgan fingerprint density at radius 1 is 0.900 bits per heavy atom. The van der Waals surface area contributed by atoms with Crippen molar-refractivity contribution in [1.29, 1.82) is 0 Å². The van der Waals surface area contributed by atoms with Crippen LogP contribution in [-0.4, -0.2) is 56.0 Å². The quantitative estimate of drug-likeness (QED) is 0.540. The molecule has 0 aromatic heterocycles. The fraction of sp³-hybridized carbons (Fsp3) is 0.391. The summed E-state index contributed by atoms with van der Waals surface area (Å²) in [7, 11) is 0. The molecule has 1 aliphatic rings. The fourth-order valence-electron chi connectivity index (χ4n) is 3.43. The summed E-state index contributed by atoms with van der Waals surface area (Å²) in [5.74, 6) is -1.42. The standard InChI is InChI=1S/C23H29FN4O2/c1-18-3-5-19(6-4-18)17-26-23(30)22(29)25-11-2-12-27-13-15-28(16-14-27)21-9-7-20(24)8-10-21/h3-10H,2,11-17H2,1H3,(H,25,29)(H,26,30). The first-order valence-electron chi connectivity index (χ1n) is 10.4. The number of amides is 2. The van der Waals surface area contributed by atoms with Crippen molar-refractivity contribution in [2.24, 2.45) is 0 Å². The Hall–Kier alpha value is -2.93. The van der Waals surface area contributed by atoms with E-state index in [0.717, 1.165) is 56.0 Å². The topological polar surface area (TPSA) is 64.7 Å². The van der Waals surface area contributed by atoms with Crippen molar-refractivity contribution in [1.82, 2.24) is 15.5 Å². The molecule has 0 aliphatic carbocycles. The van der Waals surface area contributed by atoms with Crippen LogP contribution in [0.2, 0.25) is 0 Å². The first-order chi connectivity index (χ1) is 14.5. The molecule has 0 radical (unpaired) electrons. The van der Waals surface area contributed by atoms with E-state index >= 15 is 0 Å². The third-order valence-corrected chi connectivity index (χ3v) is 5.28. The lowest BCUT2D eigenvalue weighted by atomic mass is 10.1. The SMILES string of the molecule is Cc1ccc(CNC(=O)C(=O)NCCCN2CCN(c3ccc(F)cc3)CC2)cc1. The first-order valence-corrected chi connectivity index (χ1v) is 10.4. The Balaban J connectivity index is 1.28. The van der Waals surface area contributed by atoms with Gasteiger partial charge in [0, 0.05) is 45.0 Å². The van der Waals surface area contributed by atoms with E-state index in [9.17, 15) is 14.0 Å². The molecule has 0 spiro atoms. The highest BCUT2D eigenvalue weighted by Crippen LogP contribution is 2.16. The third-order valence-electron chi connectivity index (χ3n) is 5.28. The van der Waals surface area contributed by atoms with Crippen molar-refractivity contribution in [3.8, 4) is 0 Å². The molecule has 7 heteroatoms. The summed E-state index contributed by atoms with van der Waals surface area (Å²) >= 11 is 0. The summed E-state index contributed by atoms with van der Waals surface area (Å²) in [5, 5.41) is 5.33. The van der Waals surface area contributed by atoms with E-state index in [1.165, 1.54) is 12.1 Å². The molecular weight excluding hydrogens is 383 g/mol. The second kappa shape index (κ2) is 10.7. The van der Waals surface area contributed by atoms with E-state index in [1.807, 2.05) is 43.3 Å². The van der Waals surface area contributed by atoms with E-state index in [-0.39, 0.29) is 5.82 Å². The lowest BCUT2D eigenvalue weighted by molar-refractivity contribution is -0.139. The zero-order valence-corrected chi connectivity index (χ0v) is 17.4. The van der Waals surface area contributed by atoms with Crippen LogP contribution in [-0.2, 0) is 16.1 Å². The average molecular weight is 413 g/mol. The van der Waals surface area contributed by atoms with Crippen LogP contribution in [0.4, 0.5) is 10.1 Å². The zero-order chi connectivity index (χ0) is 21.3. The average Bonchev–Trinajstić information content (AvgIpc) is 2.77. The maximum Gasteiger partial charge on any atom is 0.309 e. The molecule has 2 aromatic carbocycles. The minimum absolute atomic E-state index is 0.219. The number of aryl methyl sites for hydroxylation is 1. The molecule has 0 bridgehead atoms. The zero-order valence-electron chi connectivity index (χ0n) is 17.4. The Morgan fingerprint density at radius 3 is 2.20 bits per heavy atom. The van der Waals surface area contributed by atoms with Gasteiger partial charge in [0.05, 0.1) is 0 Å². The second-order valence-corrected chi connectivity index (χ2v) is 7.58. The van der Waals surface area contributed by atoms with Gasteiger partial charge in [0.15, 0.2) is 0 Å². The van der Waals surface area contributed by atoms with Crippen LogP contribution >= 0.6 is 0 Å². The number of anilines is 1. The lowest BCUT2D eigenvalue weighted by Crippen LogP contribution is -2.47. The van der Waals surface area contributed by atoms with E-state index < -0.39 is 11.8 Å². The van der Waals surface area contributed by atoms with Gasteiger partial charge in [-0.15, -0.1) is 0 Å². The number of carbonyl (C=O) groups is 2. The smallest absolute Gasteiger partial charge is 0.309 e. The van der Waals surface area contributed by atoms with Crippen molar-refractivity contribution >= 4 is 17.5 Å². The fourth-order valence-corrected chi connectivity index (χ4v) is 3.43. The minimum atomic E-state index is -0.608. The molecule has 0 unspecified atom stereocenters. The van der Waals surface area contributed by atoms with Crippen molar-refractivity contribution in [3.63, 3.8) is 0 Å². The lowest BCUT2D eigenvalue weighted by Gasteiger charge is -2.36. The molecular formula is C23H29FN4O2. The predicted molar refractivity (Wildman–Crippen MR) is 116 cm³/mol. The van der Waals surface area contributed by atoms with Gasteiger partial charge in [0.25, 0.3) is 0 Å². The maximum absolute atomic E-state index is 13.0. The van der Waals surface area contributed by atoms with E-state index in [1.54, 1.807) is 0 Å². The molecule has 30 heavy (non-hydrogen) atoms. The normalized spacial score (nSPS) is 14.4. The number of halogens is 1. The molecule has 2 N–H and O–H groups in total. The van der Waals surface area contributed by atoms with Gasteiger partial charge >= 0.3 is 11.8 Å². The van der Waals surface area contributed by atoms with Crippen LogP contribution < -0.4 is 15.5 Å². The largest absolute Gasteiger partial charge is 0.369 e. The number of hydrogen-bond donors (Lipinski definition) is 2. The van der Waals surface area contributed by atoms with Crippen LogP contribution in [0.1, 0.15) is 17.5 Å². The summed E-state index contributed by atoms with van der Waals surface area (Å²) in [6, 6.07) is 14.4. The van der Waals surface area contributed by atoms with E-state index in [0.29, 0.717) is 13.1 Å². The molecule has 6 nitrogen and oxygen atoms in total. The van der Waals surface area contributed by atoms with Crippen LogP contribution in [0.25, 0.3) is 0 Å². The van der Waals surface area contributed by atoms with Crippen LogP contribution in [0.3, 0.4) is 0 Å². The third kappa shape index (κ3) is 6.56. The molecule has 2 aromatic rings. The van der Waals surface area contributed by atoms with Gasteiger partial charge < -0.3 is 15.5 Å². The van der Waals surface area contributed by atoms with Gasteiger partial charge in [-0.2, -0.15) is 0 Å². The molecule has 0 saturated carbocycles. The first kappa shape index (κ1) is 21.8. The van der Waals surface area contributed by atoms with Crippen molar-refractivity contribution in [3.05, 3.63) is 65.5 Å². The van der Waals surface area contributed by atoms with Gasteiger partial charge in [0.1, 0.15) is 5.82 Å². The van der Waals surface area contributed by atoms with Crippen LogP contribution in [0, 0.1) is 12.7 Å². The van der Waals surface area contributed by atoms with Gasteiger partial charge in [-0.25, -0.2) is 4.39 Å². The Labute approximate surface area is 177 Å². The number of carbonyl (C=O) groups excluding carboxylic acids is 2. The molecule has 1 heterocycles. The summed E-state index contributed by atoms with van der Waals surface area (Å²) in [6.07, 6.45) is 0.785. The molecule has 2 amide bonds. The number of rotatable bonds is 7. The molecule has 160 valence electrons. The minimum Gasteiger partial charge on any atom is -0.369 e. The number of nitrogens with one attached hydrogen (secondary N) is 2. The van der Waals surface area contributed by atoms with E-state index in [2.05, 4.69) is 20.4 Å². The molecule has 0 atom stereocenters. The van der Waals surface area contributed by atoms with Gasteiger partial charge in [-0.3, -0.25) is 14.5 Å². The summed E-state index contributed by atoms with van der Waals surface area (Å²) in [4.78, 5) is 28.4. The van der Waals surface area contributed by atoms with Crippen LogP contribution in [0.15, 0.2) is 48.5 Å². The van der Waals surface area contributed by atoms with Crippen LogP contribution in [0.5, 0.6) is 0 Å². The number of nitrogens with zero attached hydrogens (tertiary/aromatic N) is 2. The highest BCUT2D eigenvalue weighted by Gasteiger charge is 2.17. The van der Waals surface area contributed by atoms with Crippen molar-refractivity contribution < 1.29 is 14.0 Å². The van der Waals surface area contributed by atoms with Crippen molar-refractivity contribution in [2.75, 3.05) is 44.2 Å². The Kier molecular flexibility index (Phi) is 7.79. The maximum atomic E-state index is 13.0. The number of hydrogen-bond acceptors (Lipinski definition) is 4. The molecule has 1 fully saturated rings. The number of benzene rings is 2. The van der Waals surface area contributed by atoms with E-state index in [4.69, 9.17) is 0 Å². The van der Waals surface area contributed by atoms with Gasteiger partial charge in [-0.1, -0.05) is 29.8 Å². The predicted octanol–water partition coefficient (Wildman–Crippen LogP) is 2.08. The number of piperazine rings is 1. The Bertz CT molecular complexity index is 831. The molecule has 1 saturated heterocycles. The van der Waals surface area contributed by atoms with Gasteiger partial charge in [0.2, 0.25) is 0 Å². The highest BCUT2D eigenvalue weighted by atomic mass is 19.1. The summed E-state index contributed by atoms with van der Waals surface area (Å²) in [5.41, 5.74) is 3.15. The van der Waals surface area contributed by atoms with Gasteiger partial charge in [-0.05, 0) is 49.7 Å². The van der Waals surface area contributed by atoms with Crippen molar-refractivity contribution in [2.45, 2.75) is 19.9 Å². The monoisotopic (exact) mass is 412 g/mol.